The van der Waals surface area contributed by atoms with E-state index in [2.05, 4.69) is 4.74 Å². The van der Waals surface area contributed by atoms with Crippen LogP contribution in [0.15, 0.2) is 48.4 Å². The summed E-state index contributed by atoms with van der Waals surface area (Å²) < 4.78 is 17.6. The molecule has 1 aliphatic rings. The number of aliphatic hydroxyl groups is 1. The van der Waals surface area contributed by atoms with Crippen LogP contribution in [0.25, 0.3) is 11.1 Å². The molecule has 1 aliphatic heterocycles. The van der Waals surface area contributed by atoms with Crippen LogP contribution in [0.3, 0.4) is 0 Å². The Morgan fingerprint density at radius 1 is 1.09 bits per heavy atom. The molecule has 6 heteroatoms. The summed E-state index contributed by atoms with van der Waals surface area (Å²) in [5, 5.41) is 10.0. The minimum Gasteiger partial charge on any atom is -0.481 e. The smallest absolute Gasteiger partial charge is 0.321 e. The van der Waals surface area contributed by atoms with Crippen LogP contribution in [0.5, 0.6) is 0 Å². The summed E-state index contributed by atoms with van der Waals surface area (Å²) in [7, 11) is 0. The van der Waals surface area contributed by atoms with Crippen molar-refractivity contribution in [3.63, 3.8) is 0 Å². The minimum atomic E-state index is -0.623. The fourth-order valence-corrected chi connectivity index (χ4v) is 3.06. The Bertz CT molecular complexity index is 777. The van der Waals surface area contributed by atoms with Gasteiger partial charge in [0.1, 0.15) is 5.82 Å². The van der Waals surface area contributed by atoms with Gasteiger partial charge in [-0.2, -0.15) is 0 Å². The summed E-state index contributed by atoms with van der Waals surface area (Å²) in [5.74, 6) is -1.90. The Hall–Kier alpha value is -2.04. The zero-order valence-corrected chi connectivity index (χ0v) is 13.2. The van der Waals surface area contributed by atoms with E-state index < -0.39 is 17.8 Å². The lowest BCUT2D eigenvalue weighted by molar-refractivity contribution is -0.142. The van der Waals surface area contributed by atoms with Crippen LogP contribution in [0.2, 0.25) is 10.0 Å². The number of hydrogen-bond donors (Lipinski definition) is 1. The molecule has 0 spiro atoms. The second-order valence-corrected chi connectivity index (χ2v) is 5.98. The Morgan fingerprint density at radius 3 is 2.22 bits per heavy atom. The SMILES string of the molecule is O=C1OC(O)=CC1Cc1c(Cl)cc(-c2ccc(F)cc2)cc1Cl. The van der Waals surface area contributed by atoms with Crippen LogP contribution in [0, 0.1) is 11.7 Å². The standard InChI is InChI=1S/C17H11Cl2FO3/c18-14-6-10(9-1-3-12(20)4-2-9)7-15(19)13(14)5-11-8-16(21)23-17(11)22/h1-4,6-8,11,21H,5H2. The highest BCUT2D eigenvalue weighted by Crippen LogP contribution is 2.34. The molecule has 2 aromatic carbocycles. The molecule has 1 N–H and O–H groups in total. The van der Waals surface area contributed by atoms with E-state index in [0.29, 0.717) is 15.6 Å². The number of esters is 1. The molecule has 0 fully saturated rings. The molecular formula is C17H11Cl2FO3. The van der Waals surface area contributed by atoms with Crippen molar-refractivity contribution < 1.29 is 19.0 Å². The summed E-state index contributed by atoms with van der Waals surface area (Å²) in [6.07, 6.45) is 1.55. The van der Waals surface area contributed by atoms with E-state index in [1.165, 1.54) is 18.2 Å². The van der Waals surface area contributed by atoms with Crippen molar-refractivity contribution in [2.45, 2.75) is 6.42 Å². The molecule has 0 amide bonds. The summed E-state index contributed by atoms with van der Waals surface area (Å²) in [4.78, 5) is 11.6. The molecule has 0 aliphatic carbocycles. The van der Waals surface area contributed by atoms with Crippen LogP contribution in [-0.4, -0.2) is 11.1 Å². The van der Waals surface area contributed by atoms with Gasteiger partial charge in [-0.15, -0.1) is 0 Å². The molecule has 3 nitrogen and oxygen atoms in total. The van der Waals surface area contributed by atoms with Crippen molar-refractivity contribution in [3.05, 3.63) is 69.8 Å². The monoisotopic (exact) mass is 352 g/mol. The van der Waals surface area contributed by atoms with E-state index >= 15 is 0 Å². The highest BCUT2D eigenvalue weighted by Gasteiger charge is 2.28. The van der Waals surface area contributed by atoms with Gasteiger partial charge in [0.15, 0.2) is 0 Å². The molecule has 0 saturated heterocycles. The second-order valence-electron chi connectivity index (χ2n) is 5.16. The lowest BCUT2D eigenvalue weighted by atomic mass is 9.97. The number of benzene rings is 2. The molecule has 0 bridgehead atoms. The number of carbonyl (C=O) groups is 1. The first-order valence-corrected chi connectivity index (χ1v) is 7.56. The first-order valence-electron chi connectivity index (χ1n) is 6.80. The van der Waals surface area contributed by atoms with Crippen molar-refractivity contribution in [1.29, 1.82) is 0 Å². The van der Waals surface area contributed by atoms with Crippen LogP contribution in [0.4, 0.5) is 4.39 Å². The fourth-order valence-electron chi connectivity index (χ4n) is 2.42. The first kappa shape index (κ1) is 15.8. The minimum absolute atomic E-state index is 0.226. The molecule has 1 unspecified atom stereocenters. The molecule has 1 atom stereocenters. The summed E-state index contributed by atoms with van der Waals surface area (Å²) >= 11 is 12.6. The maximum Gasteiger partial charge on any atom is 0.321 e. The van der Waals surface area contributed by atoms with E-state index in [0.717, 1.165) is 11.1 Å². The molecule has 0 radical (unpaired) electrons. The van der Waals surface area contributed by atoms with Gasteiger partial charge in [0.2, 0.25) is 0 Å². The first-order chi connectivity index (χ1) is 10.9. The van der Waals surface area contributed by atoms with E-state index in [1.54, 1.807) is 24.3 Å². The van der Waals surface area contributed by atoms with Gasteiger partial charge < -0.3 is 9.84 Å². The Morgan fingerprint density at radius 2 is 1.70 bits per heavy atom. The van der Waals surface area contributed by atoms with Gasteiger partial charge in [0.25, 0.3) is 5.95 Å². The largest absolute Gasteiger partial charge is 0.481 e. The lowest BCUT2D eigenvalue weighted by Crippen LogP contribution is -2.12. The van der Waals surface area contributed by atoms with Crippen molar-refractivity contribution in [2.24, 2.45) is 5.92 Å². The van der Waals surface area contributed by atoms with E-state index in [4.69, 9.17) is 23.2 Å². The van der Waals surface area contributed by atoms with E-state index in [9.17, 15) is 14.3 Å². The maximum atomic E-state index is 13.0. The van der Waals surface area contributed by atoms with Gasteiger partial charge >= 0.3 is 5.97 Å². The van der Waals surface area contributed by atoms with Crippen LogP contribution in [0.1, 0.15) is 5.56 Å². The predicted molar refractivity (Wildman–Crippen MR) is 85.9 cm³/mol. The molecule has 23 heavy (non-hydrogen) atoms. The number of ether oxygens (including phenoxy) is 1. The van der Waals surface area contributed by atoms with Crippen LogP contribution >= 0.6 is 23.2 Å². The molecule has 2 aromatic rings. The Labute approximate surface area is 141 Å². The van der Waals surface area contributed by atoms with Crippen molar-refractivity contribution in [1.82, 2.24) is 0 Å². The van der Waals surface area contributed by atoms with Crippen molar-refractivity contribution in [2.75, 3.05) is 0 Å². The zero-order chi connectivity index (χ0) is 16.6. The predicted octanol–water partition coefficient (Wildman–Crippen LogP) is 4.91. The summed E-state index contributed by atoms with van der Waals surface area (Å²) in [6, 6.07) is 9.39. The Kier molecular flexibility index (Phi) is 4.28. The molecule has 3 rings (SSSR count). The molecule has 118 valence electrons. The lowest BCUT2D eigenvalue weighted by Gasteiger charge is -2.12. The van der Waals surface area contributed by atoms with Gasteiger partial charge in [-0.25, -0.2) is 4.39 Å². The molecule has 0 aromatic heterocycles. The molecular weight excluding hydrogens is 342 g/mol. The van der Waals surface area contributed by atoms with Crippen LogP contribution in [-0.2, 0) is 16.0 Å². The second kappa shape index (κ2) is 6.22. The quantitative estimate of drug-likeness (QED) is 0.798. The number of cyclic esters (lactones) is 1. The zero-order valence-electron chi connectivity index (χ0n) is 11.7. The highest BCUT2D eigenvalue weighted by atomic mass is 35.5. The summed E-state index contributed by atoms with van der Waals surface area (Å²) in [6.45, 7) is 0. The Balaban J connectivity index is 1.92. The third-order valence-corrected chi connectivity index (χ3v) is 4.27. The third kappa shape index (κ3) is 3.33. The maximum absolute atomic E-state index is 13.0. The van der Waals surface area contributed by atoms with E-state index in [1.807, 2.05) is 0 Å². The average molecular weight is 353 g/mol. The topological polar surface area (TPSA) is 46.5 Å². The van der Waals surface area contributed by atoms with Crippen LogP contribution < -0.4 is 0 Å². The number of halogens is 3. The number of aliphatic hydroxyl groups excluding tert-OH is 1. The molecule has 0 saturated carbocycles. The van der Waals surface area contributed by atoms with Gasteiger partial charge in [0, 0.05) is 16.1 Å². The fraction of sp³-hybridized carbons (Fsp3) is 0.118. The number of carbonyl (C=O) groups excluding carboxylic acids is 1. The van der Waals surface area contributed by atoms with Gasteiger partial charge in [-0.3, -0.25) is 4.79 Å². The number of hydrogen-bond acceptors (Lipinski definition) is 3. The van der Waals surface area contributed by atoms with Crippen molar-refractivity contribution >= 4 is 29.2 Å². The highest BCUT2D eigenvalue weighted by molar-refractivity contribution is 6.36. The van der Waals surface area contributed by atoms with Crippen molar-refractivity contribution in [3.8, 4) is 11.1 Å². The third-order valence-electron chi connectivity index (χ3n) is 3.59. The normalized spacial score (nSPS) is 17.1. The molecule has 1 heterocycles. The van der Waals surface area contributed by atoms with Gasteiger partial charge in [0.05, 0.1) is 5.92 Å². The average Bonchev–Trinajstić information content (AvgIpc) is 2.81. The van der Waals surface area contributed by atoms with Gasteiger partial charge in [-0.05, 0) is 47.4 Å². The van der Waals surface area contributed by atoms with Gasteiger partial charge in [-0.1, -0.05) is 35.3 Å². The summed E-state index contributed by atoms with van der Waals surface area (Å²) in [5.41, 5.74) is 2.11. The van der Waals surface area contributed by atoms with E-state index in [-0.39, 0.29) is 12.2 Å². The number of rotatable bonds is 3.